The molecule has 0 bridgehead atoms. The van der Waals surface area contributed by atoms with E-state index in [1.807, 2.05) is 6.08 Å². The van der Waals surface area contributed by atoms with Crippen molar-refractivity contribution in [3.8, 4) is 0 Å². The molecule has 0 spiro atoms. The van der Waals surface area contributed by atoms with Crippen molar-refractivity contribution in [3.63, 3.8) is 0 Å². The Labute approximate surface area is 388 Å². The van der Waals surface area contributed by atoms with Crippen LogP contribution < -0.4 is 5.32 Å². The van der Waals surface area contributed by atoms with Crippen molar-refractivity contribution in [2.75, 3.05) is 13.2 Å². The van der Waals surface area contributed by atoms with E-state index in [4.69, 9.17) is 9.47 Å². The van der Waals surface area contributed by atoms with E-state index < -0.39 is 49.5 Å². The van der Waals surface area contributed by atoms with Crippen LogP contribution in [0.3, 0.4) is 0 Å². The highest BCUT2D eigenvalue weighted by Gasteiger charge is 2.44. The van der Waals surface area contributed by atoms with Gasteiger partial charge in [-0.25, -0.2) is 0 Å². The Morgan fingerprint density at radius 3 is 1.24 bits per heavy atom. The third kappa shape index (κ3) is 34.8. The second-order valence-electron chi connectivity index (χ2n) is 19.4. The van der Waals surface area contributed by atoms with Crippen molar-refractivity contribution in [1.29, 1.82) is 0 Å². The molecule has 9 heteroatoms. The molecule has 7 atom stereocenters. The monoisotopic (exact) mass is 896 g/mol. The van der Waals surface area contributed by atoms with Crippen LogP contribution in [0.15, 0.2) is 12.2 Å². The minimum absolute atomic E-state index is 0.174. The number of carbonyl (C=O) groups excluding carboxylic acids is 1. The van der Waals surface area contributed by atoms with E-state index in [0.717, 1.165) is 38.5 Å². The smallest absolute Gasteiger partial charge is 0.220 e. The van der Waals surface area contributed by atoms with Gasteiger partial charge in [-0.3, -0.25) is 4.79 Å². The second-order valence-corrected chi connectivity index (χ2v) is 19.4. The molecule has 9 nitrogen and oxygen atoms in total. The Kier molecular flexibility index (Phi) is 42.6. The van der Waals surface area contributed by atoms with Crippen LogP contribution in [0.5, 0.6) is 0 Å². The molecule has 6 N–H and O–H groups in total. The minimum Gasteiger partial charge on any atom is -0.394 e. The summed E-state index contributed by atoms with van der Waals surface area (Å²) in [6, 6.07) is -0.798. The largest absolute Gasteiger partial charge is 0.394 e. The zero-order chi connectivity index (χ0) is 45.9. The molecular formula is C54H105NO8. The third-order valence-electron chi connectivity index (χ3n) is 13.4. The van der Waals surface area contributed by atoms with Gasteiger partial charge >= 0.3 is 0 Å². The van der Waals surface area contributed by atoms with E-state index in [-0.39, 0.29) is 12.5 Å². The number of unbranched alkanes of at least 4 members (excludes halogenated alkanes) is 37. The van der Waals surface area contributed by atoms with Gasteiger partial charge < -0.3 is 40.3 Å². The van der Waals surface area contributed by atoms with E-state index in [9.17, 15) is 30.3 Å². The molecular weight excluding hydrogens is 791 g/mol. The van der Waals surface area contributed by atoms with Crippen molar-refractivity contribution in [1.82, 2.24) is 5.32 Å². The molecule has 374 valence electrons. The lowest BCUT2D eigenvalue weighted by molar-refractivity contribution is -0.302. The first-order valence-electron chi connectivity index (χ1n) is 27.4. The maximum absolute atomic E-state index is 13.0. The van der Waals surface area contributed by atoms with Gasteiger partial charge in [-0.2, -0.15) is 0 Å². The van der Waals surface area contributed by atoms with Crippen LogP contribution >= 0.6 is 0 Å². The predicted octanol–water partition coefficient (Wildman–Crippen LogP) is 12.8. The molecule has 0 aromatic rings. The average molecular weight is 896 g/mol. The Bertz CT molecular complexity index is 997. The fourth-order valence-corrected chi connectivity index (χ4v) is 8.98. The topological polar surface area (TPSA) is 149 Å². The van der Waals surface area contributed by atoms with Gasteiger partial charge in [-0.05, 0) is 19.3 Å². The summed E-state index contributed by atoms with van der Waals surface area (Å²) in [7, 11) is 0. The number of nitrogens with one attached hydrogen (secondary N) is 1. The Morgan fingerprint density at radius 2 is 0.873 bits per heavy atom. The van der Waals surface area contributed by atoms with Crippen LogP contribution in [0.4, 0.5) is 0 Å². The number of amides is 1. The summed E-state index contributed by atoms with van der Waals surface area (Å²) in [5, 5.41) is 54.1. The summed E-state index contributed by atoms with van der Waals surface area (Å²) < 4.78 is 11.2. The van der Waals surface area contributed by atoms with Gasteiger partial charge in [-0.15, -0.1) is 0 Å². The highest BCUT2D eigenvalue weighted by Crippen LogP contribution is 2.23. The number of hydrogen-bond donors (Lipinski definition) is 6. The molecule has 1 rings (SSSR count). The molecule has 63 heavy (non-hydrogen) atoms. The molecule has 7 unspecified atom stereocenters. The number of hydrogen-bond acceptors (Lipinski definition) is 8. The summed E-state index contributed by atoms with van der Waals surface area (Å²) in [5.74, 6) is -0.174. The lowest BCUT2D eigenvalue weighted by Gasteiger charge is -2.40. The highest BCUT2D eigenvalue weighted by atomic mass is 16.7. The fourth-order valence-electron chi connectivity index (χ4n) is 8.98. The number of aliphatic hydroxyl groups excluding tert-OH is 5. The van der Waals surface area contributed by atoms with Crippen LogP contribution in [-0.2, 0) is 14.3 Å². The lowest BCUT2D eigenvalue weighted by atomic mass is 9.99. The molecule has 1 saturated heterocycles. The van der Waals surface area contributed by atoms with E-state index in [1.54, 1.807) is 6.08 Å². The Morgan fingerprint density at radius 1 is 0.524 bits per heavy atom. The van der Waals surface area contributed by atoms with Crippen LogP contribution in [-0.4, -0.2) is 87.5 Å². The van der Waals surface area contributed by atoms with Gasteiger partial charge in [0, 0.05) is 6.42 Å². The van der Waals surface area contributed by atoms with Gasteiger partial charge in [0.2, 0.25) is 5.91 Å². The summed E-state index contributed by atoms with van der Waals surface area (Å²) in [6.07, 6.45) is 47.4. The van der Waals surface area contributed by atoms with Crippen molar-refractivity contribution < 1.29 is 39.8 Å². The molecule has 0 aromatic heterocycles. The van der Waals surface area contributed by atoms with Crippen LogP contribution in [0.2, 0.25) is 0 Å². The van der Waals surface area contributed by atoms with Gasteiger partial charge in [0.1, 0.15) is 24.4 Å². The Hall–Kier alpha value is -1.07. The number of allylic oxidation sites excluding steroid dienone is 1. The number of aliphatic hydroxyl groups is 5. The SMILES string of the molecule is CCCCCCCCC/C=C/C(O)C(COC1OC(CO)C(O)C(O)C1O)NC(=O)CCCCCCCCCCCCCCCCCCCCCCCCCCCCCCCCC. The molecule has 1 aliphatic rings. The first-order valence-corrected chi connectivity index (χ1v) is 27.4. The van der Waals surface area contributed by atoms with Crippen molar-refractivity contribution >= 4 is 5.91 Å². The van der Waals surface area contributed by atoms with Crippen LogP contribution in [0.1, 0.15) is 271 Å². The molecule has 0 aromatic carbocycles. The minimum atomic E-state index is -1.56. The molecule has 1 aliphatic heterocycles. The summed E-state index contributed by atoms with van der Waals surface area (Å²) in [5.41, 5.74) is 0. The molecule has 1 heterocycles. The number of ether oxygens (including phenoxy) is 2. The number of carbonyl (C=O) groups is 1. The molecule has 1 fully saturated rings. The van der Waals surface area contributed by atoms with Gasteiger partial charge in [-0.1, -0.05) is 257 Å². The van der Waals surface area contributed by atoms with Crippen LogP contribution in [0, 0.1) is 0 Å². The third-order valence-corrected chi connectivity index (χ3v) is 13.4. The lowest BCUT2D eigenvalue weighted by Crippen LogP contribution is -2.60. The van der Waals surface area contributed by atoms with Crippen molar-refractivity contribution in [2.45, 2.75) is 314 Å². The van der Waals surface area contributed by atoms with Gasteiger partial charge in [0.25, 0.3) is 0 Å². The fraction of sp³-hybridized carbons (Fsp3) is 0.944. The van der Waals surface area contributed by atoms with Crippen molar-refractivity contribution in [3.05, 3.63) is 12.2 Å². The summed E-state index contributed by atoms with van der Waals surface area (Å²) >= 11 is 0. The van der Waals surface area contributed by atoms with Gasteiger partial charge in [0.05, 0.1) is 25.4 Å². The quantitative estimate of drug-likeness (QED) is 0.0261. The van der Waals surface area contributed by atoms with E-state index in [1.165, 1.54) is 212 Å². The summed E-state index contributed by atoms with van der Waals surface area (Å²) in [4.78, 5) is 13.0. The maximum atomic E-state index is 13.0. The average Bonchev–Trinajstić information content (AvgIpc) is 3.28. The zero-order valence-corrected chi connectivity index (χ0v) is 41.4. The zero-order valence-electron chi connectivity index (χ0n) is 41.4. The molecule has 0 aliphatic carbocycles. The summed E-state index contributed by atoms with van der Waals surface area (Å²) in [6.45, 7) is 3.77. The first-order chi connectivity index (χ1) is 30.8. The predicted molar refractivity (Wildman–Crippen MR) is 263 cm³/mol. The highest BCUT2D eigenvalue weighted by molar-refractivity contribution is 5.76. The molecule has 1 amide bonds. The molecule has 0 saturated carbocycles. The first kappa shape index (κ1) is 59.9. The Balaban J connectivity index is 2.07. The van der Waals surface area contributed by atoms with E-state index in [0.29, 0.717) is 6.42 Å². The normalized spacial score (nSPS) is 20.1. The maximum Gasteiger partial charge on any atom is 0.220 e. The van der Waals surface area contributed by atoms with Gasteiger partial charge in [0.15, 0.2) is 6.29 Å². The van der Waals surface area contributed by atoms with Crippen LogP contribution in [0.25, 0.3) is 0 Å². The van der Waals surface area contributed by atoms with Crippen molar-refractivity contribution in [2.24, 2.45) is 0 Å². The molecule has 0 radical (unpaired) electrons. The van der Waals surface area contributed by atoms with E-state index >= 15 is 0 Å². The number of rotatable bonds is 47. The van der Waals surface area contributed by atoms with E-state index in [2.05, 4.69) is 19.2 Å². The second kappa shape index (κ2) is 44.7. The standard InChI is InChI=1S/C54H105NO8/c1-3-5-7-9-11-13-14-15-16-17-18-19-20-21-22-23-24-25-26-27-28-29-30-31-32-33-34-36-38-40-42-44-50(58)55-47(48(57)43-41-39-37-35-12-10-8-6-4-2)46-62-54-53(61)52(60)51(59)49(45-56)63-54/h41,43,47-49,51-54,56-57,59-61H,3-40,42,44-46H2,1-2H3,(H,55,58)/b43-41+.